The molecule has 0 aliphatic carbocycles. The largest absolute Gasteiger partial charge is 0.465 e. The molecule has 0 saturated heterocycles. The Hall–Kier alpha value is -2.38. The molecule has 24 heavy (non-hydrogen) atoms. The van der Waals surface area contributed by atoms with Gasteiger partial charge in [-0.15, -0.1) is 11.3 Å². The number of aryl methyl sites for hydroxylation is 1. The summed E-state index contributed by atoms with van der Waals surface area (Å²) < 4.78 is 7.15. The Bertz CT molecular complexity index is 961. The number of methoxy groups -OCH3 is 1. The van der Waals surface area contributed by atoms with Gasteiger partial charge in [-0.3, -0.25) is 9.48 Å². The maximum absolute atomic E-state index is 12.3. The molecule has 3 rings (SSSR count). The van der Waals surface area contributed by atoms with Gasteiger partial charge in [-0.25, -0.2) is 4.79 Å². The van der Waals surface area contributed by atoms with Crippen molar-refractivity contribution >= 4 is 50.6 Å². The number of fused-ring (bicyclic) bond motifs is 1. The summed E-state index contributed by atoms with van der Waals surface area (Å²) in [7, 11) is 3.09. The molecule has 2 heterocycles. The first-order chi connectivity index (χ1) is 11.4. The Labute approximate surface area is 147 Å². The molecule has 8 heteroatoms. The van der Waals surface area contributed by atoms with Gasteiger partial charge in [0, 0.05) is 28.5 Å². The number of halogens is 1. The van der Waals surface area contributed by atoms with Gasteiger partial charge in [0.05, 0.1) is 23.9 Å². The summed E-state index contributed by atoms with van der Waals surface area (Å²) in [4.78, 5) is 24.4. The van der Waals surface area contributed by atoms with Gasteiger partial charge in [0.15, 0.2) is 0 Å². The zero-order valence-corrected chi connectivity index (χ0v) is 14.8. The van der Waals surface area contributed by atoms with Crippen molar-refractivity contribution in [3.63, 3.8) is 0 Å². The van der Waals surface area contributed by atoms with Crippen LogP contribution in [0.3, 0.4) is 0 Å². The van der Waals surface area contributed by atoms with Crippen LogP contribution in [0.4, 0.5) is 5.69 Å². The second kappa shape index (κ2) is 6.26. The Morgan fingerprint density at radius 1 is 1.38 bits per heavy atom. The minimum absolute atomic E-state index is 0.240. The number of nitrogens with one attached hydrogen (secondary N) is 1. The highest BCUT2D eigenvalue weighted by Gasteiger charge is 2.18. The van der Waals surface area contributed by atoms with Crippen molar-refractivity contribution in [2.75, 3.05) is 12.4 Å². The number of ether oxygens (including phenoxy) is 1. The summed E-state index contributed by atoms with van der Waals surface area (Å²) in [5.74, 6) is -0.714. The van der Waals surface area contributed by atoms with E-state index in [-0.39, 0.29) is 5.91 Å². The molecule has 0 spiro atoms. The molecule has 1 amide bonds. The first-order valence-corrected chi connectivity index (χ1v) is 8.22. The number of amides is 1. The number of anilines is 1. The molecule has 0 aliphatic rings. The predicted octanol–water partition coefficient (Wildman–Crippen LogP) is 3.64. The first kappa shape index (κ1) is 16.5. The lowest BCUT2D eigenvalue weighted by atomic mass is 10.2. The van der Waals surface area contributed by atoms with E-state index in [9.17, 15) is 9.59 Å². The van der Waals surface area contributed by atoms with Crippen LogP contribution in [0.1, 0.15) is 25.7 Å². The fourth-order valence-electron chi connectivity index (χ4n) is 2.29. The lowest BCUT2D eigenvalue weighted by molar-refractivity contribution is 0.0606. The Morgan fingerprint density at radius 3 is 2.75 bits per heavy atom. The van der Waals surface area contributed by atoms with E-state index in [0.717, 1.165) is 15.8 Å². The highest BCUT2D eigenvalue weighted by atomic mass is 35.5. The van der Waals surface area contributed by atoms with Crippen molar-refractivity contribution in [3.05, 3.63) is 45.6 Å². The normalized spacial score (nSPS) is 10.8. The molecule has 0 saturated carbocycles. The summed E-state index contributed by atoms with van der Waals surface area (Å²) in [5.41, 5.74) is 1.91. The van der Waals surface area contributed by atoms with Crippen molar-refractivity contribution in [3.8, 4) is 0 Å². The standard InChI is InChI=1S/C16H14ClN3O3S/c1-8-11(7-18-20(8)2)15(21)19-9-4-5-10-12(6-9)24-14(13(10)17)16(22)23-3/h4-7H,1-3H3,(H,19,21). The summed E-state index contributed by atoms with van der Waals surface area (Å²) in [6.07, 6.45) is 1.53. The van der Waals surface area contributed by atoms with Crippen molar-refractivity contribution in [1.82, 2.24) is 9.78 Å². The maximum atomic E-state index is 12.3. The van der Waals surface area contributed by atoms with Crippen molar-refractivity contribution in [2.24, 2.45) is 7.05 Å². The molecule has 124 valence electrons. The number of benzene rings is 1. The summed E-state index contributed by atoms with van der Waals surface area (Å²) >= 11 is 7.45. The minimum atomic E-state index is -0.474. The van der Waals surface area contributed by atoms with Crippen LogP contribution in [-0.4, -0.2) is 28.8 Å². The molecule has 0 atom stereocenters. The third kappa shape index (κ3) is 2.76. The van der Waals surface area contributed by atoms with Gasteiger partial charge in [-0.2, -0.15) is 5.10 Å². The van der Waals surface area contributed by atoms with Gasteiger partial charge in [-0.1, -0.05) is 11.6 Å². The summed E-state index contributed by atoms with van der Waals surface area (Å²) in [5, 5.41) is 8.00. The van der Waals surface area contributed by atoms with E-state index in [1.165, 1.54) is 24.6 Å². The van der Waals surface area contributed by atoms with Gasteiger partial charge in [0.25, 0.3) is 5.91 Å². The quantitative estimate of drug-likeness (QED) is 0.721. The Morgan fingerprint density at radius 2 is 2.12 bits per heavy atom. The second-order valence-electron chi connectivity index (χ2n) is 5.17. The SMILES string of the molecule is COC(=O)c1sc2cc(NC(=O)c3cnn(C)c3C)ccc2c1Cl. The number of carbonyl (C=O) groups is 2. The highest BCUT2D eigenvalue weighted by molar-refractivity contribution is 7.21. The van der Waals surface area contributed by atoms with Crippen LogP contribution < -0.4 is 5.32 Å². The summed E-state index contributed by atoms with van der Waals surface area (Å²) in [6.45, 7) is 1.83. The highest BCUT2D eigenvalue weighted by Crippen LogP contribution is 2.37. The van der Waals surface area contributed by atoms with Crippen LogP contribution in [0.2, 0.25) is 5.02 Å². The van der Waals surface area contributed by atoms with Gasteiger partial charge in [0.2, 0.25) is 0 Å². The zero-order valence-electron chi connectivity index (χ0n) is 13.2. The molecule has 6 nitrogen and oxygen atoms in total. The first-order valence-electron chi connectivity index (χ1n) is 7.02. The van der Waals surface area contributed by atoms with Crippen LogP contribution in [0.5, 0.6) is 0 Å². The number of esters is 1. The van der Waals surface area contributed by atoms with E-state index in [1.807, 2.05) is 6.92 Å². The van der Waals surface area contributed by atoms with Crippen LogP contribution in [0.25, 0.3) is 10.1 Å². The van der Waals surface area contributed by atoms with Crippen molar-refractivity contribution in [2.45, 2.75) is 6.92 Å². The van der Waals surface area contributed by atoms with Crippen LogP contribution in [-0.2, 0) is 11.8 Å². The molecule has 0 aliphatic heterocycles. The lowest BCUT2D eigenvalue weighted by Crippen LogP contribution is -2.12. The van der Waals surface area contributed by atoms with Crippen molar-refractivity contribution < 1.29 is 14.3 Å². The number of thiophene rings is 1. The molecule has 0 radical (unpaired) electrons. The van der Waals surface area contributed by atoms with Crippen LogP contribution in [0, 0.1) is 6.92 Å². The average Bonchev–Trinajstić information content (AvgIpc) is 3.07. The number of rotatable bonds is 3. The zero-order chi connectivity index (χ0) is 17.4. The third-order valence-corrected chi connectivity index (χ3v) is 5.38. The van der Waals surface area contributed by atoms with E-state index in [1.54, 1.807) is 29.9 Å². The monoisotopic (exact) mass is 363 g/mol. The molecular formula is C16H14ClN3O3S. The number of carbonyl (C=O) groups excluding carboxylic acids is 2. The molecule has 1 N–H and O–H groups in total. The van der Waals surface area contributed by atoms with Gasteiger partial charge < -0.3 is 10.1 Å². The van der Waals surface area contributed by atoms with E-state index in [4.69, 9.17) is 16.3 Å². The molecule has 3 aromatic rings. The molecule has 0 fully saturated rings. The fraction of sp³-hybridized carbons (Fsp3) is 0.188. The number of hydrogen-bond donors (Lipinski definition) is 1. The van der Waals surface area contributed by atoms with Crippen LogP contribution in [0.15, 0.2) is 24.4 Å². The molecule has 0 unspecified atom stereocenters. The third-order valence-electron chi connectivity index (χ3n) is 3.74. The van der Waals surface area contributed by atoms with Gasteiger partial charge >= 0.3 is 5.97 Å². The van der Waals surface area contributed by atoms with E-state index in [2.05, 4.69) is 10.4 Å². The topological polar surface area (TPSA) is 73.2 Å². The maximum Gasteiger partial charge on any atom is 0.349 e. The lowest BCUT2D eigenvalue weighted by Gasteiger charge is -2.05. The van der Waals surface area contributed by atoms with Crippen LogP contribution >= 0.6 is 22.9 Å². The molecule has 2 aromatic heterocycles. The molecule has 0 bridgehead atoms. The predicted molar refractivity (Wildman–Crippen MR) is 94.1 cm³/mol. The van der Waals surface area contributed by atoms with Gasteiger partial charge in [0.1, 0.15) is 4.88 Å². The average molecular weight is 364 g/mol. The van der Waals surface area contributed by atoms with E-state index < -0.39 is 5.97 Å². The molecular weight excluding hydrogens is 350 g/mol. The number of hydrogen-bond acceptors (Lipinski definition) is 5. The van der Waals surface area contributed by atoms with Gasteiger partial charge in [-0.05, 0) is 25.1 Å². The second-order valence-corrected chi connectivity index (χ2v) is 6.60. The fourth-order valence-corrected chi connectivity index (χ4v) is 3.75. The smallest absolute Gasteiger partial charge is 0.349 e. The number of nitrogens with zero attached hydrogens (tertiary/aromatic N) is 2. The molecule has 1 aromatic carbocycles. The van der Waals surface area contributed by atoms with E-state index in [0.29, 0.717) is 21.2 Å². The van der Waals surface area contributed by atoms with Crippen molar-refractivity contribution in [1.29, 1.82) is 0 Å². The van der Waals surface area contributed by atoms with E-state index >= 15 is 0 Å². The Kier molecular flexibility index (Phi) is 4.29. The Balaban J connectivity index is 1.92. The summed E-state index contributed by atoms with van der Waals surface area (Å²) in [6, 6.07) is 5.29. The number of aromatic nitrogens is 2. The minimum Gasteiger partial charge on any atom is -0.465 e.